The van der Waals surface area contributed by atoms with Crippen LogP contribution in [0.25, 0.3) is 0 Å². The fraction of sp³-hybridized carbons (Fsp3) is 0.571. The van der Waals surface area contributed by atoms with E-state index in [1.807, 2.05) is 0 Å². The molecule has 0 saturated heterocycles. The van der Waals surface area contributed by atoms with Gasteiger partial charge in [-0.1, -0.05) is 27.7 Å². The number of aromatic nitrogens is 1. The van der Waals surface area contributed by atoms with E-state index in [9.17, 15) is 4.79 Å². The third-order valence-electron chi connectivity index (χ3n) is 3.27. The van der Waals surface area contributed by atoms with Crippen molar-refractivity contribution in [1.29, 1.82) is 0 Å². The van der Waals surface area contributed by atoms with Crippen LogP contribution in [0.2, 0.25) is 0 Å². The predicted molar refractivity (Wildman–Crippen MR) is 74.0 cm³/mol. The Kier molecular flexibility index (Phi) is 4.70. The van der Waals surface area contributed by atoms with E-state index in [1.54, 1.807) is 18.3 Å². The van der Waals surface area contributed by atoms with E-state index in [2.05, 4.69) is 38.0 Å². The highest BCUT2D eigenvalue weighted by atomic mass is 16.1. The first kappa shape index (κ1) is 14.5. The SMILES string of the molecule is CC(CNC(=O)Cc1ccc(N)cn1)C(C)(C)C. The lowest BCUT2D eigenvalue weighted by Crippen LogP contribution is -2.34. The topological polar surface area (TPSA) is 68.0 Å². The Morgan fingerprint density at radius 3 is 2.61 bits per heavy atom. The van der Waals surface area contributed by atoms with E-state index < -0.39 is 0 Å². The fourth-order valence-electron chi connectivity index (χ4n) is 1.34. The quantitative estimate of drug-likeness (QED) is 0.857. The summed E-state index contributed by atoms with van der Waals surface area (Å²) in [5.41, 5.74) is 7.09. The Bertz CT molecular complexity index is 392. The highest BCUT2D eigenvalue weighted by Gasteiger charge is 2.20. The van der Waals surface area contributed by atoms with Crippen LogP contribution in [0.1, 0.15) is 33.4 Å². The summed E-state index contributed by atoms with van der Waals surface area (Å²) in [4.78, 5) is 15.9. The lowest BCUT2D eigenvalue weighted by Gasteiger charge is -2.27. The number of carbonyl (C=O) groups is 1. The first-order chi connectivity index (χ1) is 8.29. The molecule has 0 aliphatic heterocycles. The maximum Gasteiger partial charge on any atom is 0.226 e. The lowest BCUT2D eigenvalue weighted by molar-refractivity contribution is -0.120. The smallest absolute Gasteiger partial charge is 0.226 e. The number of amides is 1. The second kappa shape index (κ2) is 5.85. The number of hydrogen-bond acceptors (Lipinski definition) is 3. The molecular formula is C14H23N3O. The molecule has 0 aromatic carbocycles. The van der Waals surface area contributed by atoms with Gasteiger partial charge in [0.1, 0.15) is 0 Å². The van der Waals surface area contributed by atoms with Crippen molar-refractivity contribution >= 4 is 11.6 Å². The zero-order chi connectivity index (χ0) is 13.8. The highest BCUT2D eigenvalue weighted by molar-refractivity contribution is 5.78. The van der Waals surface area contributed by atoms with Crippen LogP contribution in [0.4, 0.5) is 5.69 Å². The van der Waals surface area contributed by atoms with Crippen molar-refractivity contribution in [3.63, 3.8) is 0 Å². The molecule has 0 radical (unpaired) electrons. The van der Waals surface area contributed by atoms with Gasteiger partial charge in [-0.3, -0.25) is 9.78 Å². The van der Waals surface area contributed by atoms with Gasteiger partial charge in [-0.15, -0.1) is 0 Å². The van der Waals surface area contributed by atoms with E-state index >= 15 is 0 Å². The molecule has 1 heterocycles. The molecule has 0 saturated carbocycles. The van der Waals surface area contributed by atoms with Crippen LogP contribution in [0, 0.1) is 11.3 Å². The van der Waals surface area contributed by atoms with Crippen molar-refractivity contribution in [1.82, 2.24) is 10.3 Å². The van der Waals surface area contributed by atoms with E-state index in [-0.39, 0.29) is 11.3 Å². The summed E-state index contributed by atoms with van der Waals surface area (Å²) < 4.78 is 0. The van der Waals surface area contributed by atoms with Crippen molar-refractivity contribution in [2.24, 2.45) is 11.3 Å². The summed E-state index contributed by atoms with van der Waals surface area (Å²) in [7, 11) is 0. The molecule has 0 fully saturated rings. The Morgan fingerprint density at radius 2 is 2.11 bits per heavy atom. The zero-order valence-electron chi connectivity index (χ0n) is 11.7. The molecule has 0 aliphatic carbocycles. The molecule has 100 valence electrons. The second-order valence-corrected chi connectivity index (χ2v) is 5.83. The number of rotatable bonds is 4. The Hall–Kier alpha value is -1.58. The number of nitrogen functional groups attached to an aromatic ring is 1. The van der Waals surface area contributed by atoms with Gasteiger partial charge in [-0.25, -0.2) is 0 Å². The molecule has 1 unspecified atom stereocenters. The minimum atomic E-state index is 0.00312. The minimum absolute atomic E-state index is 0.00312. The summed E-state index contributed by atoms with van der Waals surface area (Å²) in [6.45, 7) is 9.35. The molecule has 1 aromatic rings. The summed E-state index contributed by atoms with van der Waals surface area (Å²) in [5, 5.41) is 2.94. The monoisotopic (exact) mass is 249 g/mol. The number of nitrogens with one attached hydrogen (secondary N) is 1. The number of nitrogens with two attached hydrogens (primary N) is 1. The number of hydrogen-bond donors (Lipinski definition) is 2. The third-order valence-corrected chi connectivity index (χ3v) is 3.27. The molecule has 1 aromatic heterocycles. The van der Waals surface area contributed by atoms with Crippen LogP contribution < -0.4 is 11.1 Å². The van der Waals surface area contributed by atoms with Gasteiger partial charge in [0, 0.05) is 12.2 Å². The molecule has 0 bridgehead atoms. The van der Waals surface area contributed by atoms with Crippen LogP contribution in [0.5, 0.6) is 0 Å². The first-order valence-corrected chi connectivity index (χ1v) is 6.26. The predicted octanol–water partition coefficient (Wildman–Crippen LogP) is 2.00. The van der Waals surface area contributed by atoms with Crippen LogP contribution in [-0.2, 0) is 11.2 Å². The number of anilines is 1. The first-order valence-electron chi connectivity index (χ1n) is 6.26. The largest absolute Gasteiger partial charge is 0.397 e. The molecule has 0 spiro atoms. The van der Waals surface area contributed by atoms with Crippen molar-refractivity contribution in [3.05, 3.63) is 24.0 Å². The van der Waals surface area contributed by atoms with Gasteiger partial charge in [-0.05, 0) is 23.5 Å². The summed E-state index contributed by atoms with van der Waals surface area (Å²) in [5.74, 6) is 0.434. The van der Waals surface area contributed by atoms with Crippen LogP contribution >= 0.6 is 0 Å². The molecule has 18 heavy (non-hydrogen) atoms. The number of carbonyl (C=O) groups excluding carboxylic acids is 1. The summed E-state index contributed by atoms with van der Waals surface area (Å²) in [6, 6.07) is 3.54. The minimum Gasteiger partial charge on any atom is -0.397 e. The Balaban J connectivity index is 2.41. The van der Waals surface area contributed by atoms with Gasteiger partial charge in [-0.2, -0.15) is 0 Å². The Labute approximate surface area is 109 Å². The van der Waals surface area contributed by atoms with E-state index in [4.69, 9.17) is 5.73 Å². The van der Waals surface area contributed by atoms with Crippen molar-refractivity contribution in [3.8, 4) is 0 Å². The van der Waals surface area contributed by atoms with Gasteiger partial charge in [0.05, 0.1) is 18.3 Å². The summed E-state index contributed by atoms with van der Waals surface area (Å²) >= 11 is 0. The molecule has 0 aliphatic rings. The highest BCUT2D eigenvalue weighted by Crippen LogP contribution is 2.24. The number of nitrogens with zero attached hydrogens (tertiary/aromatic N) is 1. The Morgan fingerprint density at radius 1 is 1.44 bits per heavy atom. The molecule has 4 nitrogen and oxygen atoms in total. The average molecular weight is 249 g/mol. The zero-order valence-corrected chi connectivity index (χ0v) is 11.7. The van der Waals surface area contributed by atoms with Gasteiger partial charge in [0.25, 0.3) is 0 Å². The van der Waals surface area contributed by atoms with Gasteiger partial charge in [0.2, 0.25) is 5.91 Å². The molecular weight excluding hydrogens is 226 g/mol. The van der Waals surface area contributed by atoms with Crippen molar-refractivity contribution < 1.29 is 4.79 Å². The third kappa shape index (κ3) is 4.73. The van der Waals surface area contributed by atoms with Gasteiger partial charge in [0.15, 0.2) is 0 Å². The van der Waals surface area contributed by atoms with Crippen LogP contribution in [0.15, 0.2) is 18.3 Å². The molecule has 3 N–H and O–H groups in total. The second-order valence-electron chi connectivity index (χ2n) is 5.83. The normalized spacial score (nSPS) is 13.1. The fourth-order valence-corrected chi connectivity index (χ4v) is 1.34. The standard InChI is InChI=1S/C14H23N3O/c1-10(14(2,3)4)8-17-13(18)7-12-6-5-11(15)9-16-12/h5-6,9-10H,7-8,15H2,1-4H3,(H,17,18). The van der Waals surface area contributed by atoms with E-state index in [1.165, 1.54) is 0 Å². The lowest BCUT2D eigenvalue weighted by atomic mass is 9.82. The van der Waals surface area contributed by atoms with Gasteiger partial charge < -0.3 is 11.1 Å². The van der Waals surface area contributed by atoms with Crippen LogP contribution in [0.3, 0.4) is 0 Å². The summed E-state index contributed by atoms with van der Waals surface area (Å²) in [6.07, 6.45) is 1.87. The molecule has 1 rings (SSSR count). The van der Waals surface area contributed by atoms with Crippen LogP contribution in [-0.4, -0.2) is 17.4 Å². The van der Waals surface area contributed by atoms with Crippen molar-refractivity contribution in [2.75, 3.05) is 12.3 Å². The molecule has 4 heteroatoms. The molecule has 1 amide bonds. The van der Waals surface area contributed by atoms with Gasteiger partial charge >= 0.3 is 0 Å². The average Bonchev–Trinajstić information content (AvgIpc) is 2.28. The maximum atomic E-state index is 11.7. The maximum absolute atomic E-state index is 11.7. The molecule has 1 atom stereocenters. The van der Waals surface area contributed by atoms with Crippen molar-refractivity contribution in [2.45, 2.75) is 34.1 Å². The van der Waals surface area contributed by atoms with E-state index in [0.29, 0.717) is 24.6 Å². The number of pyridine rings is 1. The van der Waals surface area contributed by atoms with E-state index in [0.717, 1.165) is 5.69 Å².